The molecule has 2 amide bonds. The van der Waals surface area contributed by atoms with Gasteiger partial charge in [0, 0.05) is 23.2 Å². The Morgan fingerprint density at radius 1 is 0.929 bits per heavy atom. The molecule has 7 heteroatoms. The summed E-state index contributed by atoms with van der Waals surface area (Å²) in [5.41, 5.74) is 1.86. The molecule has 28 heavy (non-hydrogen) atoms. The molecule has 150 valence electrons. The number of hydrogen-bond donors (Lipinski definition) is 2. The quantitative estimate of drug-likeness (QED) is 0.759. The average Bonchev–Trinajstić information content (AvgIpc) is 2.71. The molecule has 7 nitrogen and oxygen atoms in total. The Labute approximate surface area is 165 Å². The van der Waals surface area contributed by atoms with Crippen molar-refractivity contribution in [2.75, 3.05) is 33.2 Å². The molecule has 0 aliphatic rings. The number of anilines is 1. The van der Waals surface area contributed by atoms with Gasteiger partial charge in [-0.15, -0.1) is 0 Å². The molecule has 0 atom stereocenters. The first-order valence-electron chi connectivity index (χ1n) is 8.76. The molecule has 0 heterocycles. The predicted molar refractivity (Wildman–Crippen MR) is 107 cm³/mol. The maximum Gasteiger partial charge on any atom is 0.406 e. The van der Waals surface area contributed by atoms with Crippen LogP contribution in [0.25, 0.3) is 0 Å². The number of ether oxygens (including phenoxy) is 3. The van der Waals surface area contributed by atoms with E-state index in [4.69, 9.17) is 9.47 Å². The van der Waals surface area contributed by atoms with E-state index in [0.29, 0.717) is 29.3 Å². The number of benzene rings is 2. The molecule has 2 rings (SSSR count). The van der Waals surface area contributed by atoms with Crippen LogP contribution in [0.1, 0.15) is 29.8 Å². The fourth-order valence-corrected chi connectivity index (χ4v) is 2.65. The molecule has 0 radical (unpaired) electrons. The van der Waals surface area contributed by atoms with Gasteiger partial charge >= 0.3 is 6.09 Å². The molecule has 0 aliphatic heterocycles. The third kappa shape index (κ3) is 5.16. The smallest absolute Gasteiger partial charge is 0.406 e. The van der Waals surface area contributed by atoms with E-state index < -0.39 is 6.09 Å². The van der Waals surface area contributed by atoms with Crippen molar-refractivity contribution in [3.63, 3.8) is 0 Å². The lowest BCUT2D eigenvalue weighted by Crippen LogP contribution is -2.36. The Morgan fingerprint density at radius 3 is 2.14 bits per heavy atom. The molecule has 0 spiro atoms. The molecule has 0 saturated heterocycles. The van der Waals surface area contributed by atoms with Crippen LogP contribution in [0, 0.1) is 0 Å². The Morgan fingerprint density at radius 2 is 1.57 bits per heavy atom. The second kappa shape index (κ2) is 9.12. The van der Waals surface area contributed by atoms with Gasteiger partial charge in [0.25, 0.3) is 5.91 Å². The van der Waals surface area contributed by atoms with Crippen molar-refractivity contribution in [3.05, 3.63) is 53.6 Å². The lowest BCUT2D eigenvalue weighted by molar-refractivity contribution is 0.102. The summed E-state index contributed by atoms with van der Waals surface area (Å²) in [6.07, 6.45) is -0.466. The number of carbonyl (C=O) groups excluding carboxylic acids is 2. The van der Waals surface area contributed by atoms with Crippen LogP contribution in [-0.4, -0.2) is 39.9 Å². The topological polar surface area (TPSA) is 85.9 Å². The average molecular weight is 386 g/mol. The zero-order valence-corrected chi connectivity index (χ0v) is 16.8. The van der Waals surface area contributed by atoms with Crippen LogP contribution in [0.4, 0.5) is 10.5 Å². The van der Waals surface area contributed by atoms with Gasteiger partial charge in [0.1, 0.15) is 0 Å². The van der Waals surface area contributed by atoms with Gasteiger partial charge in [-0.3, -0.25) is 4.79 Å². The fourth-order valence-electron chi connectivity index (χ4n) is 2.65. The molecule has 0 fully saturated rings. The molecular formula is C21H26N2O5. The van der Waals surface area contributed by atoms with Crippen molar-refractivity contribution in [2.24, 2.45) is 0 Å². The van der Waals surface area contributed by atoms with E-state index in [2.05, 4.69) is 15.4 Å². The highest BCUT2D eigenvalue weighted by atomic mass is 16.5. The highest BCUT2D eigenvalue weighted by Crippen LogP contribution is 2.28. The van der Waals surface area contributed by atoms with Crippen molar-refractivity contribution >= 4 is 17.7 Å². The minimum atomic E-state index is -0.466. The SMILES string of the molecule is COC(=O)NCC(C)(C)c1ccc(NC(=O)c2ccc(OC)c(OC)c2)cc1. The van der Waals surface area contributed by atoms with Gasteiger partial charge in [-0.25, -0.2) is 4.79 Å². The summed E-state index contributed by atoms with van der Waals surface area (Å²) < 4.78 is 15.0. The van der Waals surface area contributed by atoms with Gasteiger partial charge in [0.05, 0.1) is 21.3 Å². The van der Waals surface area contributed by atoms with Crippen LogP contribution in [0.2, 0.25) is 0 Å². The molecule has 2 aromatic carbocycles. The third-order valence-corrected chi connectivity index (χ3v) is 4.43. The third-order valence-electron chi connectivity index (χ3n) is 4.43. The van der Waals surface area contributed by atoms with Crippen molar-refractivity contribution in [2.45, 2.75) is 19.3 Å². The first-order chi connectivity index (χ1) is 13.3. The van der Waals surface area contributed by atoms with Gasteiger partial charge in [-0.1, -0.05) is 26.0 Å². The number of amides is 2. The molecule has 0 unspecified atom stereocenters. The monoisotopic (exact) mass is 386 g/mol. The van der Waals surface area contributed by atoms with Gasteiger partial charge in [0.2, 0.25) is 0 Å². The Bertz CT molecular complexity index is 831. The zero-order valence-electron chi connectivity index (χ0n) is 16.8. The van der Waals surface area contributed by atoms with Gasteiger partial charge in [-0.05, 0) is 35.9 Å². The second-order valence-corrected chi connectivity index (χ2v) is 6.83. The minimum absolute atomic E-state index is 0.250. The molecule has 0 bridgehead atoms. The normalized spacial score (nSPS) is 10.8. The Balaban J connectivity index is 2.07. The van der Waals surface area contributed by atoms with Gasteiger partial charge < -0.3 is 24.8 Å². The van der Waals surface area contributed by atoms with Crippen molar-refractivity contribution in [1.29, 1.82) is 0 Å². The fraction of sp³-hybridized carbons (Fsp3) is 0.333. The summed E-state index contributed by atoms with van der Waals surface area (Å²) in [5, 5.41) is 5.57. The maximum absolute atomic E-state index is 12.5. The molecule has 0 saturated carbocycles. The van der Waals surface area contributed by atoms with E-state index in [1.807, 2.05) is 38.1 Å². The Kier molecular flexibility index (Phi) is 6.87. The van der Waals surface area contributed by atoms with Crippen LogP contribution < -0.4 is 20.1 Å². The lowest BCUT2D eigenvalue weighted by atomic mass is 9.84. The van der Waals surface area contributed by atoms with Gasteiger partial charge in [0.15, 0.2) is 11.5 Å². The Hall–Kier alpha value is -3.22. The minimum Gasteiger partial charge on any atom is -0.493 e. The van der Waals surface area contributed by atoms with E-state index in [1.54, 1.807) is 25.3 Å². The number of alkyl carbamates (subject to hydrolysis) is 1. The summed E-state index contributed by atoms with van der Waals surface area (Å²) in [5.74, 6) is 0.803. The summed E-state index contributed by atoms with van der Waals surface area (Å²) in [6.45, 7) is 4.46. The number of nitrogens with one attached hydrogen (secondary N) is 2. The summed E-state index contributed by atoms with van der Waals surface area (Å²) in [6, 6.07) is 12.5. The number of rotatable bonds is 7. The summed E-state index contributed by atoms with van der Waals surface area (Å²) >= 11 is 0. The van der Waals surface area contributed by atoms with E-state index in [-0.39, 0.29) is 11.3 Å². The van der Waals surface area contributed by atoms with Crippen LogP contribution in [0.3, 0.4) is 0 Å². The summed E-state index contributed by atoms with van der Waals surface area (Å²) in [7, 11) is 4.40. The largest absolute Gasteiger partial charge is 0.493 e. The van der Waals surface area contributed by atoms with E-state index in [0.717, 1.165) is 5.56 Å². The number of methoxy groups -OCH3 is 3. The molecular weight excluding hydrogens is 360 g/mol. The van der Waals surface area contributed by atoms with E-state index in [1.165, 1.54) is 14.2 Å². The predicted octanol–water partition coefficient (Wildman–Crippen LogP) is 3.59. The maximum atomic E-state index is 12.5. The zero-order chi connectivity index (χ0) is 20.7. The number of hydrogen-bond acceptors (Lipinski definition) is 5. The highest BCUT2D eigenvalue weighted by molar-refractivity contribution is 6.04. The highest BCUT2D eigenvalue weighted by Gasteiger charge is 2.21. The van der Waals surface area contributed by atoms with Gasteiger partial charge in [-0.2, -0.15) is 0 Å². The molecule has 0 aromatic heterocycles. The molecule has 0 aliphatic carbocycles. The first kappa shape index (κ1) is 21.1. The van der Waals surface area contributed by atoms with E-state index >= 15 is 0 Å². The van der Waals surface area contributed by atoms with Crippen LogP contribution >= 0.6 is 0 Å². The standard InChI is InChI=1S/C21H26N2O5/c1-21(2,13-22-20(25)28-5)15-7-9-16(10-8-15)23-19(24)14-6-11-17(26-3)18(12-14)27-4/h6-12H,13H2,1-5H3,(H,22,25)(H,23,24). The van der Waals surface area contributed by atoms with Crippen molar-refractivity contribution in [1.82, 2.24) is 5.32 Å². The van der Waals surface area contributed by atoms with Crippen molar-refractivity contribution < 1.29 is 23.8 Å². The molecule has 2 aromatic rings. The molecule has 2 N–H and O–H groups in total. The first-order valence-corrected chi connectivity index (χ1v) is 8.76. The lowest BCUT2D eigenvalue weighted by Gasteiger charge is -2.25. The van der Waals surface area contributed by atoms with Crippen molar-refractivity contribution in [3.8, 4) is 11.5 Å². The number of carbonyl (C=O) groups is 2. The van der Waals surface area contributed by atoms with Crippen LogP contribution in [0.5, 0.6) is 11.5 Å². The summed E-state index contributed by atoms with van der Waals surface area (Å²) in [4.78, 5) is 23.8. The van der Waals surface area contributed by atoms with Crippen LogP contribution in [-0.2, 0) is 10.2 Å². The van der Waals surface area contributed by atoms with E-state index in [9.17, 15) is 9.59 Å². The van der Waals surface area contributed by atoms with Crippen LogP contribution in [0.15, 0.2) is 42.5 Å². The second-order valence-electron chi connectivity index (χ2n) is 6.83.